The minimum absolute atomic E-state index is 0.00288. The normalized spacial score (nSPS) is 15.3. The van der Waals surface area contributed by atoms with Crippen LogP contribution in [-0.4, -0.2) is 61.2 Å². The van der Waals surface area contributed by atoms with E-state index in [0.717, 1.165) is 10.6 Å². The predicted molar refractivity (Wildman–Crippen MR) is 134 cm³/mol. The van der Waals surface area contributed by atoms with Crippen molar-refractivity contribution < 1.29 is 26.3 Å². The second-order valence-electron chi connectivity index (χ2n) is 8.47. The summed E-state index contributed by atoms with van der Waals surface area (Å²) in [5.41, 5.74) is -0.377. The number of alkyl halides is 3. The Balaban J connectivity index is 1.83. The van der Waals surface area contributed by atoms with Crippen molar-refractivity contribution in [2.75, 3.05) is 31.9 Å². The first-order valence-electron chi connectivity index (χ1n) is 11.3. The fourth-order valence-corrected chi connectivity index (χ4v) is 5.77. The van der Waals surface area contributed by atoms with E-state index in [0.29, 0.717) is 26.2 Å². The molecule has 0 amide bonds. The number of piperazine rings is 1. The maximum atomic E-state index is 13.3. The molecule has 0 bridgehead atoms. The molecular formula is C23H23Cl2F3N4O4S. The highest BCUT2D eigenvalue weighted by atomic mass is 35.5. The lowest BCUT2D eigenvalue weighted by Crippen LogP contribution is -2.43. The largest absolute Gasteiger partial charge is 0.573 e. The zero-order chi connectivity index (χ0) is 27.0. The molecule has 0 radical (unpaired) electrons. The van der Waals surface area contributed by atoms with E-state index >= 15 is 0 Å². The van der Waals surface area contributed by atoms with E-state index in [1.54, 1.807) is 0 Å². The van der Waals surface area contributed by atoms with Crippen molar-refractivity contribution in [1.82, 2.24) is 19.8 Å². The number of hydrogen-bond donors (Lipinski definition) is 1. The summed E-state index contributed by atoms with van der Waals surface area (Å²) in [6, 6.07) is 5.18. The fourth-order valence-electron chi connectivity index (χ4n) is 4.16. The average molecular weight is 579 g/mol. The van der Waals surface area contributed by atoms with E-state index in [-0.39, 0.29) is 55.8 Å². The van der Waals surface area contributed by atoms with E-state index in [4.69, 9.17) is 23.2 Å². The third kappa shape index (κ3) is 6.20. The quantitative estimate of drug-likeness (QED) is 0.455. The van der Waals surface area contributed by atoms with Crippen LogP contribution in [0.25, 0.3) is 10.9 Å². The molecule has 2 heterocycles. The Morgan fingerprint density at radius 1 is 1.14 bits per heavy atom. The lowest BCUT2D eigenvalue weighted by atomic mass is 10.1. The molecule has 0 aliphatic carbocycles. The van der Waals surface area contributed by atoms with Gasteiger partial charge in [0.1, 0.15) is 5.75 Å². The lowest BCUT2D eigenvalue weighted by molar-refractivity contribution is -0.274. The van der Waals surface area contributed by atoms with Crippen molar-refractivity contribution in [2.24, 2.45) is 0 Å². The topological polar surface area (TPSA) is 93.5 Å². The Kier molecular flexibility index (Phi) is 8.05. The van der Waals surface area contributed by atoms with Crippen molar-refractivity contribution in [3.8, 4) is 5.75 Å². The first-order valence-corrected chi connectivity index (χ1v) is 13.7. The molecule has 0 atom stereocenters. The zero-order valence-corrected chi connectivity index (χ0v) is 21.9. The van der Waals surface area contributed by atoms with Gasteiger partial charge in [0.2, 0.25) is 0 Å². The summed E-state index contributed by atoms with van der Waals surface area (Å²) in [7, 11) is -3.64. The highest BCUT2D eigenvalue weighted by Gasteiger charge is 2.34. The van der Waals surface area contributed by atoms with E-state index < -0.39 is 27.5 Å². The molecule has 1 saturated heterocycles. The van der Waals surface area contributed by atoms with Gasteiger partial charge in [-0.3, -0.25) is 14.3 Å². The molecule has 0 unspecified atom stereocenters. The Hall–Kier alpha value is -2.38. The standard InChI is InChI=1S/C23H23Cl2F3N4O4S/c1-2-37(34,35)19-4-3-15(24)9-14(19)11-32-13-30-21-16(22(32)33)10-18(36-23(26,27)28)17(20(21)25)12-31-7-5-29-6-8-31/h3-4,9-10,13,29H,2,5-8,11-12H2,1H3. The van der Waals surface area contributed by atoms with Crippen LogP contribution in [0.2, 0.25) is 10.0 Å². The number of aromatic nitrogens is 2. The van der Waals surface area contributed by atoms with Crippen LogP contribution in [0.1, 0.15) is 18.1 Å². The summed E-state index contributed by atoms with van der Waals surface area (Å²) in [6.07, 6.45) is -3.83. The van der Waals surface area contributed by atoms with E-state index in [1.807, 2.05) is 4.90 Å². The third-order valence-corrected chi connectivity index (χ3v) is 8.48. The molecule has 3 aromatic rings. The van der Waals surface area contributed by atoms with Crippen molar-refractivity contribution in [1.29, 1.82) is 0 Å². The molecule has 14 heteroatoms. The van der Waals surface area contributed by atoms with E-state index in [2.05, 4.69) is 15.0 Å². The highest BCUT2D eigenvalue weighted by Crippen LogP contribution is 2.36. The Morgan fingerprint density at radius 3 is 2.49 bits per heavy atom. The lowest BCUT2D eigenvalue weighted by Gasteiger charge is -2.28. The maximum absolute atomic E-state index is 13.3. The van der Waals surface area contributed by atoms with Crippen LogP contribution in [0.5, 0.6) is 5.75 Å². The van der Waals surface area contributed by atoms with Gasteiger partial charge in [-0.25, -0.2) is 13.4 Å². The second kappa shape index (κ2) is 10.8. The van der Waals surface area contributed by atoms with Gasteiger partial charge in [-0.1, -0.05) is 30.1 Å². The Labute approximate surface area is 220 Å². The molecule has 1 N–H and O–H groups in total. The van der Waals surface area contributed by atoms with Gasteiger partial charge >= 0.3 is 6.36 Å². The van der Waals surface area contributed by atoms with Gasteiger partial charge in [0.25, 0.3) is 5.56 Å². The minimum atomic E-state index is -5.01. The van der Waals surface area contributed by atoms with Gasteiger partial charge in [0.05, 0.1) is 39.4 Å². The first kappa shape index (κ1) is 27.6. The van der Waals surface area contributed by atoms with Gasteiger partial charge in [-0.2, -0.15) is 0 Å². The molecule has 0 spiro atoms. The number of ether oxygens (including phenoxy) is 1. The highest BCUT2D eigenvalue weighted by molar-refractivity contribution is 7.91. The van der Waals surface area contributed by atoms with Crippen LogP contribution < -0.4 is 15.6 Å². The van der Waals surface area contributed by atoms with Gasteiger partial charge in [0.15, 0.2) is 9.84 Å². The predicted octanol–water partition coefficient (Wildman–Crippen LogP) is 3.85. The molecular weight excluding hydrogens is 556 g/mol. The summed E-state index contributed by atoms with van der Waals surface area (Å²) < 4.78 is 70.3. The van der Waals surface area contributed by atoms with Gasteiger partial charge < -0.3 is 10.1 Å². The van der Waals surface area contributed by atoms with E-state index in [9.17, 15) is 26.4 Å². The number of nitrogens with one attached hydrogen (secondary N) is 1. The fraction of sp³-hybridized carbons (Fsp3) is 0.391. The first-order chi connectivity index (χ1) is 17.4. The molecule has 0 saturated carbocycles. The van der Waals surface area contributed by atoms with Gasteiger partial charge in [-0.05, 0) is 29.8 Å². The number of sulfone groups is 1. The SMILES string of the molecule is CCS(=O)(=O)c1ccc(Cl)cc1Cn1cnc2c(Cl)c(CN3CCNCC3)c(OC(F)(F)F)cc2c1=O. The number of rotatable bonds is 7. The molecule has 1 fully saturated rings. The Bertz CT molecular complexity index is 1490. The maximum Gasteiger partial charge on any atom is 0.573 e. The molecule has 4 rings (SSSR count). The van der Waals surface area contributed by atoms with Crippen molar-refractivity contribution in [3.05, 3.63) is 62.1 Å². The van der Waals surface area contributed by atoms with E-state index in [1.165, 1.54) is 31.5 Å². The molecule has 1 aliphatic heterocycles. The average Bonchev–Trinajstić information content (AvgIpc) is 2.83. The van der Waals surface area contributed by atoms with Crippen LogP contribution in [0.4, 0.5) is 13.2 Å². The van der Waals surface area contributed by atoms with Crippen LogP contribution in [0, 0.1) is 0 Å². The molecule has 200 valence electrons. The zero-order valence-electron chi connectivity index (χ0n) is 19.6. The molecule has 8 nitrogen and oxygen atoms in total. The second-order valence-corrected chi connectivity index (χ2v) is 11.5. The molecule has 1 aromatic heterocycles. The van der Waals surface area contributed by atoms with Crippen LogP contribution in [-0.2, 0) is 22.9 Å². The number of halogens is 5. The van der Waals surface area contributed by atoms with Gasteiger partial charge in [0, 0.05) is 43.3 Å². The third-order valence-electron chi connectivity index (χ3n) is 6.01. The van der Waals surface area contributed by atoms with Crippen molar-refractivity contribution in [2.45, 2.75) is 31.3 Å². The van der Waals surface area contributed by atoms with Crippen LogP contribution >= 0.6 is 23.2 Å². The molecule has 2 aromatic carbocycles. The summed E-state index contributed by atoms with van der Waals surface area (Å²) >= 11 is 12.6. The summed E-state index contributed by atoms with van der Waals surface area (Å²) in [5.74, 6) is -0.756. The monoisotopic (exact) mass is 578 g/mol. The number of fused-ring (bicyclic) bond motifs is 1. The van der Waals surface area contributed by atoms with Crippen LogP contribution in [0.3, 0.4) is 0 Å². The van der Waals surface area contributed by atoms with Crippen LogP contribution in [0.15, 0.2) is 40.3 Å². The van der Waals surface area contributed by atoms with Gasteiger partial charge in [-0.15, -0.1) is 13.2 Å². The number of nitrogens with zero attached hydrogens (tertiary/aromatic N) is 3. The number of hydrogen-bond acceptors (Lipinski definition) is 7. The van der Waals surface area contributed by atoms with Crippen molar-refractivity contribution >= 4 is 43.9 Å². The summed E-state index contributed by atoms with van der Waals surface area (Å²) in [5, 5.41) is 3.11. The summed E-state index contributed by atoms with van der Waals surface area (Å²) in [4.78, 5) is 19.5. The Morgan fingerprint density at radius 2 is 1.84 bits per heavy atom. The van der Waals surface area contributed by atoms with Crippen molar-refractivity contribution in [3.63, 3.8) is 0 Å². The smallest absolute Gasteiger partial charge is 0.405 e. The molecule has 37 heavy (non-hydrogen) atoms. The minimum Gasteiger partial charge on any atom is -0.405 e. The molecule has 1 aliphatic rings. The summed E-state index contributed by atoms with van der Waals surface area (Å²) in [6.45, 7) is 3.86. The number of benzene rings is 2.